The van der Waals surface area contributed by atoms with Crippen LogP contribution in [0.5, 0.6) is 0 Å². The molecule has 0 radical (unpaired) electrons. The highest BCUT2D eigenvalue weighted by Gasteiger charge is 2.01. The van der Waals surface area contributed by atoms with E-state index in [9.17, 15) is 5.11 Å². The number of aliphatic hydroxyl groups excluding tert-OH is 1. The van der Waals surface area contributed by atoms with E-state index in [0.717, 1.165) is 32.5 Å². The second-order valence-corrected chi connectivity index (χ2v) is 3.67. The minimum absolute atomic E-state index is 0.173. The largest absolute Gasteiger partial charge is 0.393 e. The predicted molar refractivity (Wildman–Crippen MR) is 60.5 cm³/mol. The lowest BCUT2D eigenvalue weighted by Gasteiger charge is -2.09. The average molecular weight is 211 g/mol. The Morgan fingerprint density at radius 3 is 3.00 bits per heavy atom. The zero-order valence-electron chi connectivity index (χ0n) is 9.61. The van der Waals surface area contributed by atoms with Gasteiger partial charge in [0.2, 0.25) is 0 Å². The van der Waals surface area contributed by atoms with Crippen LogP contribution < -0.4 is 5.32 Å². The molecule has 15 heavy (non-hydrogen) atoms. The second kappa shape index (κ2) is 6.58. The van der Waals surface area contributed by atoms with Crippen molar-refractivity contribution in [3.8, 4) is 0 Å². The van der Waals surface area contributed by atoms with Gasteiger partial charge in [-0.3, -0.25) is 4.68 Å². The summed E-state index contributed by atoms with van der Waals surface area (Å²) in [5.74, 6) is 0. The third-order valence-corrected chi connectivity index (χ3v) is 2.54. The lowest BCUT2D eigenvalue weighted by atomic mass is 10.2. The first kappa shape index (κ1) is 12.2. The van der Waals surface area contributed by atoms with E-state index in [1.54, 1.807) is 0 Å². The Labute approximate surface area is 91.3 Å². The Bertz CT molecular complexity index is 273. The molecule has 0 aliphatic rings. The maximum Gasteiger partial charge on any atom is 0.0549 e. The summed E-state index contributed by atoms with van der Waals surface area (Å²) < 4.78 is 1.98. The Morgan fingerprint density at radius 2 is 2.33 bits per heavy atom. The van der Waals surface area contributed by atoms with Gasteiger partial charge in [-0.15, -0.1) is 0 Å². The van der Waals surface area contributed by atoms with E-state index < -0.39 is 0 Å². The Morgan fingerprint density at radius 1 is 1.53 bits per heavy atom. The molecule has 4 heteroatoms. The minimum atomic E-state index is -0.173. The molecule has 86 valence electrons. The fraction of sp³-hybridized carbons (Fsp3) is 0.727. The van der Waals surface area contributed by atoms with Gasteiger partial charge in [-0.25, -0.2) is 0 Å². The van der Waals surface area contributed by atoms with Gasteiger partial charge in [0.25, 0.3) is 0 Å². The summed E-state index contributed by atoms with van der Waals surface area (Å²) in [6.45, 7) is 6.66. The number of hydrogen-bond acceptors (Lipinski definition) is 3. The quantitative estimate of drug-likeness (QED) is 0.665. The van der Waals surface area contributed by atoms with Crippen molar-refractivity contribution in [2.24, 2.45) is 0 Å². The summed E-state index contributed by atoms with van der Waals surface area (Å²) in [6, 6.07) is 2.02. The maximum atomic E-state index is 9.36. The molecule has 0 saturated carbocycles. The average Bonchev–Trinajstić information content (AvgIpc) is 2.71. The van der Waals surface area contributed by atoms with Crippen molar-refractivity contribution in [1.82, 2.24) is 15.1 Å². The standard InChI is InChI=1S/C11H21N3O/c1-3-11(15)6-7-12-9-10-5-8-13-14(10)4-2/h5,8,11-12,15H,3-4,6-7,9H2,1-2H3. The van der Waals surface area contributed by atoms with Crippen LogP contribution in [0.4, 0.5) is 0 Å². The lowest BCUT2D eigenvalue weighted by Crippen LogP contribution is -2.21. The highest BCUT2D eigenvalue weighted by Crippen LogP contribution is 1.99. The number of nitrogens with one attached hydrogen (secondary N) is 1. The third-order valence-electron chi connectivity index (χ3n) is 2.54. The Hall–Kier alpha value is -0.870. The normalized spacial score (nSPS) is 13.0. The van der Waals surface area contributed by atoms with Crippen LogP contribution in [0.1, 0.15) is 32.4 Å². The molecule has 1 aromatic rings. The van der Waals surface area contributed by atoms with E-state index in [1.165, 1.54) is 5.69 Å². The van der Waals surface area contributed by atoms with E-state index in [1.807, 2.05) is 23.9 Å². The molecule has 1 aromatic heterocycles. The first-order valence-corrected chi connectivity index (χ1v) is 5.67. The highest BCUT2D eigenvalue weighted by molar-refractivity contribution is 4.99. The van der Waals surface area contributed by atoms with Gasteiger partial charge in [-0.2, -0.15) is 5.10 Å². The minimum Gasteiger partial charge on any atom is -0.393 e. The molecule has 0 aliphatic heterocycles. The Balaban J connectivity index is 2.20. The highest BCUT2D eigenvalue weighted by atomic mass is 16.3. The van der Waals surface area contributed by atoms with Gasteiger partial charge in [0.05, 0.1) is 11.8 Å². The molecule has 0 amide bonds. The van der Waals surface area contributed by atoms with E-state index in [0.29, 0.717) is 0 Å². The zero-order valence-corrected chi connectivity index (χ0v) is 9.61. The SMILES string of the molecule is CCC(O)CCNCc1ccnn1CC. The van der Waals surface area contributed by atoms with Crippen LogP contribution in [0.15, 0.2) is 12.3 Å². The van der Waals surface area contributed by atoms with E-state index in [2.05, 4.69) is 17.3 Å². The number of hydrogen-bond donors (Lipinski definition) is 2. The summed E-state index contributed by atoms with van der Waals surface area (Å²) in [6.07, 6.45) is 3.29. The van der Waals surface area contributed by atoms with Gasteiger partial charge in [0.1, 0.15) is 0 Å². The van der Waals surface area contributed by atoms with E-state index >= 15 is 0 Å². The first-order chi connectivity index (χ1) is 7.27. The topological polar surface area (TPSA) is 50.1 Å². The molecule has 0 spiro atoms. The summed E-state index contributed by atoms with van der Waals surface area (Å²) in [4.78, 5) is 0. The lowest BCUT2D eigenvalue weighted by molar-refractivity contribution is 0.159. The molecule has 0 aromatic carbocycles. The number of rotatable bonds is 7. The fourth-order valence-corrected chi connectivity index (χ4v) is 1.48. The van der Waals surface area contributed by atoms with Crippen LogP contribution in [0.2, 0.25) is 0 Å². The molecule has 1 atom stereocenters. The smallest absolute Gasteiger partial charge is 0.0549 e. The predicted octanol–water partition coefficient (Wildman–Crippen LogP) is 1.15. The van der Waals surface area contributed by atoms with Crippen LogP contribution in [-0.4, -0.2) is 27.5 Å². The van der Waals surface area contributed by atoms with Crippen LogP contribution in [-0.2, 0) is 13.1 Å². The molecular formula is C11H21N3O. The zero-order chi connectivity index (χ0) is 11.1. The molecule has 1 heterocycles. The molecule has 0 bridgehead atoms. The maximum absolute atomic E-state index is 9.36. The van der Waals surface area contributed by atoms with Gasteiger partial charge < -0.3 is 10.4 Å². The molecule has 1 rings (SSSR count). The van der Waals surface area contributed by atoms with Crippen LogP contribution in [0.25, 0.3) is 0 Å². The molecule has 4 nitrogen and oxygen atoms in total. The van der Waals surface area contributed by atoms with E-state index in [-0.39, 0.29) is 6.10 Å². The summed E-state index contributed by atoms with van der Waals surface area (Å²) in [7, 11) is 0. The Kier molecular flexibility index (Phi) is 5.36. The van der Waals surface area contributed by atoms with Gasteiger partial charge >= 0.3 is 0 Å². The van der Waals surface area contributed by atoms with Crippen LogP contribution >= 0.6 is 0 Å². The van der Waals surface area contributed by atoms with Gasteiger partial charge in [-0.05, 0) is 32.4 Å². The summed E-state index contributed by atoms with van der Waals surface area (Å²) in [5.41, 5.74) is 1.20. The van der Waals surface area contributed by atoms with Crippen molar-refractivity contribution >= 4 is 0 Å². The van der Waals surface area contributed by atoms with Gasteiger partial charge in [-0.1, -0.05) is 6.92 Å². The number of aromatic nitrogens is 2. The summed E-state index contributed by atoms with van der Waals surface area (Å²) in [5, 5.41) is 16.9. The first-order valence-electron chi connectivity index (χ1n) is 5.67. The van der Waals surface area contributed by atoms with Crippen molar-refractivity contribution in [3.63, 3.8) is 0 Å². The van der Waals surface area contributed by atoms with E-state index in [4.69, 9.17) is 0 Å². The summed E-state index contributed by atoms with van der Waals surface area (Å²) >= 11 is 0. The molecule has 1 unspecified atom stereocenters. The molecule has 0 fully saturated rings. The number of aryl methyl sites for hydroxylation is 1. The van der Waals surface area contributed by atoms with Crippen molar-refractivity contribution in [1.29, 1.82) is 0 Å². The van der Waals surface area contributed by atoms with Crippen molar-refractivity contribution in [3.05, 3.63) is 18.0 Å². The third kappa shape index (κ3) is 4.01. The number of aliphatic hydroxyl groups is 1. The second-order valence-electron chi connectivity index (χ2n) is 3.67. The molecular weight excluding hydrogens is 190 g/mol. The fourth-order valence-electron chi connectivity index (χ4n) is 1.48. The molecule has 0 saturated heterocycles. The molecule has 0 aliphatic carbocycles. The monoisotopic (exact) mass is 211 g/mol. The van der Waals surface area contributed by atoms with Crippen molar-refractivity contribution < 1.29 is 5.11 Å². The van der Waals surface area contributed by atoms with Crippen molar-refractivity contribution in [2.45, 2.75) is 45.9 Å². The van der Waals surface area contributed by atoms with Crippen LogP contribution in [0.3, 0.4) is 0 Å². The van der Waals surface area contributed by atoms with Gasteiger partial charge in [0.15, 0.2) is 0 Å². The van der Waals surface area contributed by atoms with Crippen LogP contribution in [0, 0.1) is 0 Å². The van der Waals surface area contributed by atoms with Gasteiger partial charge in [0, 0.05) is 19.3 Å². The van der Waals surface area contributed by atoms with Crippen molar-refractivity contribution in [2.75, 3.05) is 6.54 Å². The number of nitrogens with zero attached hydrogens (tertiary/aromatic N) is 2. The molecule has 2 N–H and O–H groups in total.